The van der Waals surface area contributed by atoms with Crippen molar-refractivity contribution in [3.63, 3.8) is 0 Å². The van der Waals surface area contributed by atoms with Gasteiger partial charge in [-0.05, 0) is 68.0 Å². The van der Waals surface area contributed by atoms with Crippen molar-refractivity contribution in [2.75, 3.05) is 0 Å². The van der Waals surface area contributed by atoms with E-state index in [9.17, 15) is 0 Å². The van der Waals surface area contributed by atoms with E-state index in [4.69, 9.17) is 0 Å². The summed E-state index contributed by atoms with van der Waals surface area (Å²) in [7, 11) is 0. The van der Waals surface area contributed by atoms with Gasteiger partial charge in [-0.2, -0.15) is 0 Å². The molecule has 0 N–H and O–H groups in total. The summed E-state index contributed by atoms with van der Waals surface area (Å²) in [6.07, 6.45) is 21.8. The summed E-state index contributed by atoms with van der Waals surface area (Å²) in [5.74, 6) is 0.342. The quantitative estimate of drug-likeness (QED) is 0.239. The maximum atomic E-state index is 2.58. The van der Waals surface area contributed by atoms with Crippen LogP contribution >= 0.6 is 0 Å². The van der Waals surface area contributed by atoms with Gasteiger partial charge in [-0.3, -0.25) is 0 Å². The lowest BCUT2D eigenvalue weighted by atomic mass is 9.87. The number of fused-ring (bicyclic) bond motifs is 6. The van der Waals surface area contributed by atoms with Gasteiger partial charge in [-0.25, -0.2) is 0 Å². The van der Waals surface area contributed by atoms with Crippen molar-refractivity contribution in [3.8, 4) is 5.69 Å². The van der Waals surface area contributed by atoms with Gasteiger partial charge in [0.2, 0.25) is 0 Å². The highest BCUT2D eigenvalue weighted by Crippen LogP contribution is 2.41. The first kappa shape index (κ1) is 21.8. The molecule has 0 fully saturated rings. The molecule has 1 atom stereocenters. The second-order valence-electron chi connectivity index (χ2n) is 10.8. The number of benzene rings is 3. The van der Waals surface area contributed by atoms with Crippen LogP contribution < -0.4 is 0 Å². The summed E-state index contributed by atoms with van der Waals surface area (Å²) in [4.78, 5) is 0. The van der Waals surface area contributed by atoms with Gasteiger partial charge in [-0.15, -0.1) is 0 Å². The number of rotatable bonds is 3. The Kier molecular flexibility index (Phi) is 4.94. The Labute approximate surface area is 223 Å². The molecule has 0 saturated heterocycles. The van der Waals surface area contributed by atoms with Crippen LogP contribution in [0.4, 0.5) is 0 Å². The maximum Gasteiger partial charge on any atom is 0.0537 e. The van der Waals surface area contributed by atoms with Crippen LogP contribution in [0.15, 0.2) is 103 Å². The SMILES string of the molecule is C1=CCCC(n2c3c(c4ccc(C5C=Cc6c(n(-c7ccccc7)c7ccccc67)C5)cc42)C=CCC3)=C1. The van der Waals surface area contributed by atoms with E-state index in [1.165, 1.54) is 61.3 Å². The minimum atomic E-state index is 0.342. The molecule has 0 amide bonds. The van der Waals surface area contributed by atoms with Gasteiger partial charge in [0.25, 0.3) is 0 Å². The minimum Gasteiger partial charge on any atom is -0.317 e. The van der Waals surface area contributed by atoms with E-state index in [2.05, 4.69) is 124 Å². The molecule has 3 aliphatic carbocycles. The van der Waals surface area contributed by atoms with Gasteiger partial charge in [-0.1, -0.05) is 85.0 Å². The smallest absolute Gasteiger partial charge is 0.0537 e. The monoisotopic (exact) mass is 490 g/mol. The van der Waals surface area contributed by atoms with Crippen LogP contribution in [0.2, 0.25) is 0 Å². The molecule has 3 aromatic carbocycles. The van der Waals surface area contributed by atoms with Gasteiger partial charge < -0.3 is 9.13 Å². The summed E-state index contributed by atoms with van der Waals surface area (Å²) in [6.45, 7) is 0. The van der Waals surface area contributed by atoms with Crippen LogP contribution in [0.3, 0.4) is 0 Å². The maximum absolute atomic E-state index is 2.58. The molecule has 0 aliphatic heterocycles. The summed E-state index contributed by atoms with van der Waals surface area (Å²) in [6, 6.07) is 26.9. The van der Waals surface area contributed by atoms with E-state index in [1.807, 2.05) is 0 Å². The largest absolute Gasteiger partial charge is 0.317 e. The van der Waals surface area contributed by atoms with Gasteiger partial charge in [0.1, 0.15) is 0 Å². The molecule has 3 aliphatic rings. The lowest BCUT2D eigenvalue weighted by molar-refractivity contribution is 0.783. The number of para-hydroxylation sites is 2. The van der Waals surface area contributed by atoms with Crippen molar-refractivity contribution in [3.05, 3.63) is 131 Å². The lowest BCUT2D eigenvalue weighted by Crippen LogP contribution is -2.10. The highest BCUT2D eigenvalue weighted by atomic mass is 15.0. The molecule has 2 aromatic heterocycles. The fraction of sp³-hybridized carbons (Fsp3) is 0.167. The molecule has 1 unspecified atom stereocenters. The summed E-state index contributed by atoms with van der Waals surface area (Å²) in [5.41, 5.74) is 12.4. The molecule has 5 aromatic rings. The molecular formula is C36H30N2. The van der Waals surface area contributed by atoms with Gasteiger partial charge in [0.15, 0.2) is 0 Å². The highest BCUT2D eigenvalue weighted by molar-refractivity contribution is 5.96. The topological polar surface area (TPSA) is 9.86 Å². The Morgan fingerprint density at radius 3 is 2.37 bits per heavy atom. The first-order valence-corrected chi connectivity index (χ1v) is 13.9. The molecule has 2 nitrogen and oxygen atoms in total. The third-order valence-electron chi connectivity index (χ3n) is 8.61. The van der Waals surface area contributed by atoms with Crippen LogP contribution in [-0.4, -0.2) is 9.13 Å². The minimum absolute atomic E-state index is 0.342. The fourth-order valence-electron chi connectivity index (χ4n) is 6.87. The molecule has 184 valence electrons. The van der Waals surface area contributed by atoms with E-state index >= 15 is 0 Å². The Hall–Kier alpha value is -4.30. The normalized spacial score (nSPS) is 18.1. The van der Waals surface area contributed by atoms with E-state index in [1.54, 1.807) is 0 Å². The van der Waals surface area contributed by atoms with Crippen LogP contribution in [0.1, 0.15) is 53.3 Å². The predicted molar refractivity (Wildman–Crippen MR) is 161 cm³/mol. The first-order chi connectivity index (χ1) is 18.9. The van der Waals surface area contributed by atoms with Crippen molar-refractivity contribution >= 4 is 39.7 Å². The van der Waals surface area contributed by atoms with Crippen LogP contribution in [-0.2, 0) is 12.8 Å². The lowest BCUT2D eigenvalue weighted by Gasteiger charge is -2.21. The van der Waals surface area contributed by atoms with E-state index in [0.717, 1.165) is 32.1 Å². The van der Waals surface area contributed by atoms with Crippen molar-refractivity contribution in [2.45, 2.75) is 38.0 Å². The second-order valence-corrected chi connectivity index (χ2v) is 10.8. The molecule has 0 spiro atoms. The third kappa shape index (κ3) is 3.26. The molecule has 38 heavy (non-hydrogen) atoms. The standard InChI is InChI=1S/C36H30N2/c1-3-11-27(12-4-1)37-33-17-9-7-15-29(33)31-21-19-25(23-35(31)37)26-20-22-32-30-16-8-10-18-34(30)38(36(32)24-26)28-13-5-2-6-14-28/h1-5,7-9,11-13,15-17,19-22,24-25H,6,10,14,18,23H2. The van der Waals surface area contributed by atoms with E-state index in [-0.39, 0.29) is 0 Å². The Balaban J connectivity index is 1.28. The summed E-state index contributed by atoms with van der Waals surface area (Å²) < 4.78 is 5.06. The average Bonchev–Trinajstić information content (AvgIpc) is 3.50. The molecule has 8 rings (SSSR count). The molecular weight excluding hydrogens is 460 g/mol. The predicted octanol–water partition coefficient (Wildman–Crippen LogP) is 9.09. The number of hydrogen-bond donors (Lipinski definition) is 0. The Morgan fingerprint density at radius 1 is 0.658 bits per heavy atom. The van der Waals surface area contributed by atoms with Crippen molar-refractivity contribution in [2.24, 2.45) is 0 Å². The zero-order valence-electron chi connectivity index (χ0n) is 21.5. The highest BCUT2D eigenvalue weighted by Gasteiger charge is 2.25. The number of allylic oxidation sites excluding steroid dienone is 6. The molecule has 0 radical (unpaired) electrons. The van der Waals surface area contributed by atoms with Crippen LogP contribution in [0, 0.1) is 0 Å². The molecule has 0 saturated carbocycles. The molecule has 2 heteroatoms. The van der Waals surface area contributed by atoms with Crippen molar-refractivity contribution in [1.82, 2.24) is 9.13 Å². The average molecular weight is 491 g/mol. The Bertz CT molecular complexity index is 1840. The van der Waals surface area contributed by atoms with Gasteiger partial charge in [0.05, 0.1) is 11.0 Å². The van der Waals surface area contributed by atoms with Crippen molar-refractivity contribution < 1.29 is 0 Å². The van der Waals surface area contributed by atoms with Crippen LogP contribution in [0.25, 0.3) is 45.3 Å². The third-order valence-corrected chi connectivity index (χ3v) is 8.61. The summed E-state index contributed by atoms with van der Waals surface area (Å²) >= 11 is 0. The summed E-state index contributed by atoms with van der Waals surface area (Å²) in [5, 5.41) is 2.72. The second kappa shape index (κ2) is 8.63. The van der Waals surface area contributed by atoms with E-state index < -0.39 is 0 Å². The van der Waals surface area contributed by atoms with Crippen molar-refractivity contribution in [1.29, 1.82) is 0 Å². The fourth-order valence-corrected chi connectivity index (χ4v) is 6.87. The van der Waals surface area contributed by atoms with Gasteiger partial charge >= 0.3 is 0 Å². The zero-order valence-corrected chi connectivity index (χ0v) is 21.5. The molecule has 2 heterocycles. The zero-order chi connectivity index (χ0) is 25.1. The van der Waals surface area contributed by atoms with E-state index in [0.29, 0.717) is 5.92 Å². The first-order valence-electron chi connectivity index (χ1n) is 13.9. The van der Waals surface area contributed by atoms with Gasteiger partial charge in [0, 0.05) is 50.6 Å². The number of nitrogens with zero attached hydrogens (tertiary/aromatic N) is 2. The molecule has 0 bridgehead atoms. The number of aromatic nitrogens is 2. The Morgan fingerprint density at radius 2 is 1.47 bits per heavy atom. The van der Waals surface area contributed by atoms with Crippen LogP contribution in [0.5, 0.6) is 0 Å². The number of hydrogen-bond acceptors (Lipinski definition) is 0.